The SMILES string of the molecule is O=C(Cc1ccc(Br)cn1)C(Sc1ccc(F)cc1)c1ccc(Cl)cc1. The minimum atomic E-state index is -0.428. The molecular formula is C20H14BrClFNOS. The molecule has 0 aliphatic heterocycles. The van der Waals surface area contributed by atoms with E-state index in [1.54, 1.807) is 30.5 Å². The van der Waals surface area contributed by atoms with Crippen molar-refractivity contribution in [3.63, 3.8) is 0 Å². The minimum Gasteiger partial charge on any atom is -0.298 e. The van der Waals surface area contributed by atoms with Gasteiger partial charge in [-0.25, -0.2) is 4.39 Å². The molecule has 0 bridgehead atoms. The molecule has 0 fully saturated rings. The lowest BCUT2D eigenvalue weighted by molar-refractivity contribution is -0.118. The van der Waals surface area contributed by atoms with Gasteiger partial charge in [-0.3, -0.25) is 9.78 Å². The van der Waals surface area contributed by atoms with Crippen LogP contribution in [0, 0.1) is 5.82 Å². The van der Waals surface area contributed by atoms with Crippen LogP contribution in [-0.4, -0.2) is 10.8 Å². The highest BCUT2D eigenvalue weighted by Gasteiger charge is 2.22. The molecule has 1 unspecified atom stereocenters. The highest BCUT2D eigenvalue weighted by atomic mass is 79.9. The van der Waals surface area contributed by atoms with Crippen molar-refractivity contribution in [2.24, 2.45) is 0 Å². The van der Waals surface area contributed by atoms with E-state index in [4.69, 9.17) is 11.6 Å². The summed E-state index contributed by atoms with van der Waals surface area (Å²) < 4.78 is 14.0. The smallest absolute Gasteiger partial charge is 0.156 e. The number of ketones is 1. The molecule has 0 saturated carbocycles. The maximum Gasteiger partial charge on any atom is 0.156 e. The van der Waals surface area contributed by atoms with Crippen LogP contribution in [-0.2, 0) is 11.2 Å². The minimum absolute atomic E-state index is 0.0245. The van der Waals surface area contributed by atoms with Crippen LogP contribution in [0.25, 0.3) is 0 Å². The molecule has 0 radical (unpaired) electrons. The lowest BCUT2D eigenvalue weighted by Gasteiger charge is -2.16. The van der Waals surface area contributed by atoms with Crippen LogP contribution >= 0.6 is 39.3 Å². The summed E-state index contributed by atoms with van der Waals surface area (Å²) in [5, 5.41) is 0.185. The van der Waals surface area contributed by atoms with Crippen LogP contribution in [0.3, 0.4) is 0 Å². The first-order valence-electron chi connectivity index (χ1n) is 7.82. The molecule has 0 saturated heterocycles. The van der Waals surface area contributed by atoms with Gasteiger partial charge in [0, 0.05) is 26.3 Å². The molecule has 0 spiro atoms. The van der Waals surface area contributed by atoms with Gasteiger partial charge in [-0.15, -0.1) is 11.8 Å². The zero-order chi connectivity index (χ0) is 18.5. The predicted molar refractivity (Wildman–Crippen MR) is 107 cm³/mol. The van der Waals surface area contributed by atoms with E-state index in [9.17, 15) is 9.18 Å². The van der Waals surface area contributed by atoms with Crippen LogP contribution in [0.15, 0.2) is 76.2 Å². The Balaban J connectivity index is 1.85. The molecule has 6 heteroatoms. The van der Waals surface area contributed by atoms with Crippen molar-refractivity contribution in [3.05, 3.63) is 93.4 Å². The van der Waals surface area contributed by atoms with Gasteiger partial charge in [0.25, 0.3) is 0 Å². The van der Waals surface area contributed by atoms with E-state index in [0.29, 0.717) is 10.7 Å². The predicted octanol–water partition coefficient (Wildman–Crippen LogP) is 6.28. The fourth-order valence-corrected chi connectivity index (χ4v) is 3.82. The number of nitrogens with zero attached hydrogens (tertiary/aromatic N) is 1. The summed E-state index contributed by atoms with van der Waals surface area (Å²) >= 11 is 10.7. The number of hydrogen-bond acceptors (Lipinski definition) is 3. The first kappa shape index (κ1) is 19.1. The van der Waals surface area contributed by atoms with Gasteiger partial charge < -0.3 is 0 Å². The Morgan fingerprint density at radius 3 is 2.38 bits per heavy atom. The third kappa shape index (κ3) is 5.16. The van der Waals surface area contributed by atoms with E-state index >= 15 is 0 Å². The number of benzene rings is 2. The highest BCUT2D eigenvalue weighted by Crippen LogP contribution is 2.37. The van der Waals surface area contributed by atoms with Crippen molar-refractivity contribution in [2.45, 2.75) is 16.6 Å². The molecule has 3 rings (SSSR count). The van der Waals surface area contributed by atoms with E-state index in [2.05, 4.69) is 20.9 Å². The Bertz CT molecular complexity index is 885. The molecule has 26 heavy (non-hydrogen) atoms. The molecule has 0 amide bonds. The Labute approximate surface area is 168 Å². The average molecular weight is 451 g/mol. The molecule has 0 aliphatic rings. The zero-order valence-corrected chi connectivity index (χ0v) is 16.7. The molecule has 0 aliphatic carbocycles. The van der Waals surface area contributed by atoms with Crippen molar-refractivity contribution in [1.82, 2.24) is 4.98 Å². The molecule has 3 aromatic rings. The fourth-order valence-electron chi connectivity index (χ4n) is 2.39. The summed E-state index contributed by atoms with van der Waals surface area (Å²) in [5.41, 5.74) is 1.56. The normalized spacial score (nSPS) is 12.0. The second kappa shape index (κ2) is 8.80. The van der Waals surface area contributed by atoms with Crippen LogP contribution in [0.1, 0.15) is 16.5 Å². The van der Waals surface area contributed by atoms with Gasteiger partial charge in [0.15, 0.2) is 5.78 Å². The first-order valence-corrected chi connectivity index (χ1v) is 9.87. The number of carbonyl (C=O) groups excluding carboxylic acids is 1. The van der Waals surface area contributed by atoms with Crippen molar-refractivity contribution in [3.8, 4) is 0 Å². The monoisotopic (exact) mass is 449 g/mol. The lowest BCUT2D eigenvalue weighted by atomic mass is 10.0. The summed E-state index contributed by atoms with van der Waals surface area (Å²) in [4.78, 5) is 18.1. The van der Waals surface area contributed by atoms with Gasteiger partial charge in [0.05, 0.1) is 11.7 Å². The Morgan fingerprint density at radius 1 is 1.08 bits per heavy atom. The molecule has 2 nitrogen and oxygen atoms in total. The van der Waals surface area contributed by atoms with Crippen LogP contribution in [0.4, 0.5) is 4.39 Å². The zero-order valence-electron chi connectivity index (χ0n) is 13.5. The van der Waals surface area contributed by atoms with Crippen molar-refractivity contribution in [2.75, 3.05) is 0 Å². The second-order valence-corrected chi connectivity index (χ2v) is 8.14. The van der Waals surface area contributed by atoms with E-state index in [1.807, 2.05) is 24.3 Å². The first-order chi connectivity index (χ1) is 12.5. The van der Waals surface area contributed by atoms with Crippen LogP contribution in [0.5, 0.6) is 0 Å². The molecule has 1 aromatic heterocycles. The summed E-state index contributed by atoms with van der Waals surface area (Å²) in [6.07, 6.45) is 1.89. The third-order valence-electron chi connectivity index (χ3n) is 3.68. The van der Waals surface area contributed by atoms with Crippen LogP contribution < -0.4 is 0 Å². The number of rotatable bonds is 6. The molecule has 1 atom stereocenters. The highest BCUT2D eigenvalue weighted by molar-refractivity contribution is 9.10. The summed E-state index contributed by atoms with van der Waals surface area (Å²) in [7, 11) is 0. The van der Waals surface area contributed by atoms with Crippen molar-refractivity contribution >= 4 is 45.1 Å². The van der Waals surface area contributed by atoms with Gasteiger partial charge >= 0.3 is 0 Å². The van der Waals surface area contributed by atoms with Gasteiger partial charge in [0.2, 0.25) is 0 Å². The Kier molecular flexibility index (Phi) is 6.46. The summed E-state index contributed by atoms with van der Waals surface area (Å²) in [6, 6.07) is 17.0. The number of thioether (sulfide) groups is 1. The second-order valence-electron chi connectivity index (χ2n) is 5.61. The number of halogens is 3. The molecule has 2 aromatic carbocycles. The topological polar surface area (TPSA) is 30.0 Å². The standard InChI is InChI=1S/C20H14BrClFNOS/c21-14-3-8-17(24-12-14)11-19(25)20(13-1-4-15(22)5-2-13)26-18-9-6-16(23)7-10-18/h1-10,12,20H,11H2. The lowest BCUT2D eigenvalue weighted by Crippen LogP contribution is -2.13. The van der Waals surface area contributed by atoms with Gasteiger partial charge in [-0.1, -0.05) is 23.7 Å². The van der Waals surface area contributed by atoms with E-state index in [1.165, 1.54) is 23.9 Å². The fraction of sp³-hybridized carbons (Fsp3) is 0.100. The Hall–Kier alpha value is -1.69. The number of carbonyl (C=O) groups is 1. The van der Waals surface area contributed by atoms with E-state index in [-0.39, 0.29) is 18.0 Å². The Morgan fingerprint density at radius 2 is 1.77 bits per heavy atom. The molecule has 0 N–H and O–H groups in total. The number of Topliss-reactive ketones (excluding diaryl/α,β-unsaturated/α-hetero) is 1. The summed E-state index contributed by atoms with van der Waals surface area (Å²) in [6.45, 7) is 0. The largest absolute Gasteiger partial charge is 0.298 e. The third-order valence-corrected chi connectivity index (χ3v) is 5.71. The number of pyridine rings is 1. The van der Waals surface area contributed by atoms with Gasteiger partial charge in [0.1, 0.15) is 5.82 Å². The maximum absolute atomic E-state index is 13.2. The maximum atomic E-state index is 13.2. The molecule has 132 valence electrons. The van der Waals surface area contributed by atoms with E-state index in [0.717, 1.165) is 14.9 Å². The molecule has 1 heterocycles. The average Bonchev–Trinajstić information content (AvgIpc) is 2.64. The van der Waals surface area contributed by atoms with Gasteiger partial charge in [-0.05, 0) is 70.0 Å². The number of hydrogen-bond donors (Lipinski definition) is 0. The van der Waals surface area contributed by atoms with E-state index < -0.39 is 5.25 Å². The van der Waals surface area contributed by atoms with Gasteiger partial charge in [-0.2, -0.15) is 0 Å². The van der Waals surface area contributed by atoms with Crippen LogP contribution in [0.2, 0.25) is 5.02 Å². The van der Waals surface area contributed by atoms with Crippen molar-refractivity contribution < 1.29 is 9.18 Å². The number of aromatic nitrogens is 1. The molecular weight excluding hydrogens is 437 g/mol. The van der Waals surface area contributed by atoms with Crippen molar-refractivity contribution in [1.29, 1.82) is 0 Å². The summed E-state index contributed by atoms with van der Waals surface area (Å²) in [5.74, 6) is -0.278. The quantitative estimate of drug-likeness (QED) is 0.414.